The Kier molecular flexibility index (Phi) is 15.8. The number of rotatable bonds is 17. The van der Waals surface area contributed by atoms with E-state index in [9.17, 15) is 24.0 Å². The average molecular weight is 825 g/mol. The van der Waals surface area contributed by atoms with Crippen LogP contribution in [0.4, 0.5) is 11.9 Å². The van der Waals surface area contributed by atoms with Crippen molar-refractivity contribution < 1.29 is 33.8 Å². The molecule has 0 radical (unpaired) electrons. The largest absolute Gasteiger partial charge is 0.491 e. The van der Waals surface area contributed by atoms with Crippen LogP contribution in [0.2, 0.25) is 0 Å². The number of carbonyl (C=O) groups excluding carboxylic acids is 4. The quantitative estimate of drug-likeness (QED) is 0.0466. The van der Waals surface area contributed by atoms with Crippen LogP contribution in [0, 0.1) is 20.8 Å². The molecular weight excluding hydrogens is 773 g/mol. The molecule has 4 aromatic heterocycles. The number of primary amides is 2. The molecule has 2 aromatic carbocycles. The normalized spacial score (nSPS) is 10.8. The fraction of sp³-hybridized carbons (Fsp3) is 0.341. The van der Waals surface area contributed by atoms with Crippen LogP contribution >= 0.6 is 0 Å². The third-order valence-corrected chi connectivity index (χ3v) is 8.91. The Labute approximate surface area is 346 Å². The van der Waals surface area contributed by atoms with Crippen molar-refractivity contribution in [3.63, 3.8) is 0 Å². The number of aliphatic carboxylic acids is 1. The molecule has 4 amide bonds. The summed E-state index contributed by atoms with van der Waals surface area (Å²) < 4.78 is 12.9. The van der Waals surface area contributed by atoms with Gasteiger partial charge in [-0.1, -0.05) is 26.0 Å². The molecule has 0 aliphatic carbocycles. The number of nitrogens with zero attached hydrogens (tertiary/aromatic N) is 8. The molecule has 0 aliphatic heterocycles. The van der Waals surface area contributed by atoms with Crippen LogP contribution in [0.1, 0.15) is 88.8 Å². The van der Waals surface area contributed by atoms with Gasteiger partial charge in [0.15, 0.2) is 0 Å². The van der Waals surface area contributed by atoms with Crippen LogP contribution < -0.4 is 26.8 Å². The Balaban J connectivity index is 0.000000631. The molecule has 60 heavy (non-hydrogen) atoms. The smallest absolute Gasteiger partial charge is 0.303 e. The molecule has 7 N–H and O–H groups in total. The summed E-state index contributed by atoms with van der Waals surface area (Å²) in [5.41, 5.74) is 16.6. The fourth-order valence-electron chi connectivity index (χ4n) is 6.28. The lowest BCUT2D eigenvalue weighted by Crippen LogP contribution is -2.19. The number of anilines is 2. The van der Waals surface area contributed by atoms with Crippen molar-refractivity contribution in [3.8, 4) is 5.75 Å². The summed E-state index contributed by atoms with van der Waals surface area (Å²) >= 11 is 0. The summed E-state index contributed by atoms with van der Waals surface area (Å²) in [6, 6.07) is 11.5. The van der Waals surface area contributed by atoms with Crippen molar-refractivity contribution in [2.75, 3.05) is 17.2 Å². The molecule has 0 spiro atoms. The number of carboxylic acids is 1. The Hall–Kier alpha value is -7.31. The van der Waals surface area contributed by atoms with Crippen LogP contribution in [-0.4, -0.2) is 80.5 Å². The third kappa shape index (κ3) is 11.0. The number of allylic oxidation sites excluding steroid dienone is 2. The standard InChI is InChI=1S/C32H34N10O7.C7H12N2.C2H6/c1-3-42-24(13-18(2)39-42)30(48)38-32-36-21-14-19(28(33)46)8-9-23(21)40(32)10-4-5-11-41-27-22(37-31(41)35-17-43)15-20(29(34)47)16-25(27)49-12-6-7-26(44)45;1-4-9-7(3)5-6(2)8-9;1-2/h4-5,8-9,13-17H,3,6-7,10-12H2,1-2H3,(H2,33,46)(H2,34,47)(H,44,45)(H,35,37,43)(H,36,38,48);5H,4H2,1-3H3;1-2H3/b5-4+;;. The van der Waals surface area contributed by atoms with E-state index in [1.165, 1.54) is 17.8 Å². The Bertz CT molecular complexity index is 2530. The maximum Gasteiger partial charge on any atom is 0.303 e. The summed E-state index contributed by atoms with van der Waals surface area (Å²) in [7, 11) is 0. The molecular formula is C41H52N12O7. The molecule has 0 bridgehead atoms. The second-order valence-electron chi connectivity index (χ2n) is 13.1. The number of benzene rings is 2. The van der Waals surface area contributed by atoms with Crippen molar-refractivity contribution in [2.24, 2.45) is 11.5 Å². The highest BCUT2D eigenvalue weighted by Gasteiger charge is 2.20. The van der Waals surface area contributed by atoms with Gasteiger partial charge >= 0.3 is 5.97 Å². The van der Waals surface area contributed by atoms with E-state index in [1.54, 1.807) is 57.2 Å². The van der Waals surface area contributed by atoms with E-state index < -0.39 is 23.7 Å². The topological polar surface area (TPSA) is 262 Å². The molecule has 19 nitrogen and oxygen atoms in total. The number of carbonyl (C=O) groups is 5. The molecule has 0 fully saturated rings. The van der Waals surface area contributed by atoms with Gasteiger partial charge in [-0.05, 0) is 83.5 Å². The number of ether oxygens (including phenoxy) is 1. The number of hydrogen-bond acceptors (Lipinski definition) is 10. The highest BCUT2D eigenvalue weighted by molar-refractivity contribution is 6.03. The predicted molar refractivity (Wildman–Crippen MR) is 227 cm³/mol. The van der Waals surface area contributed by atoms with Gasteiger partial charge in [-0.2, -0.15) is 10.2 Å². The zero-order chi connectivity index (χ0) is 44.1. The van der Waals surface area contributed by atoms with Crippen LogP contribution in [0.25, 0.3) is 22.1 Å². The molecule has 0 unspecified atom stereocenters. The van der Waals surface area contributed by atoms with Crippen molar-refractivity contribution in [3.05, 3.63) is 88.5 Å². The number of aromatic nitrogens is 8. The molecule has 6 aromatic rings. The van der Waals surface area contributed by atoms with Gasteiger partial charge in [-0.3, -0.25) is 44.0 Å². The second-order valence-corrected chi connectivity index (χ2v) is 13.1. The summed E-state index contributed by atoms with van der Waals surface area (Å²) in [5, 5.41) is 23.0. The lowest BCUT2D eigenvalue weighted by atomic mass is 10.1. The van der Waals surface area contributed by atoms with Crippen molar-refractivity contribution >= 4 is 64.1 Å². The van der Waals surface area contributed by atoms with Gasteiger partial charge in [0.25, 0.3) is 5.91 Å². The van der Waals surface area contributed by atoms with E-state index in [4.69, 9.17) is 21.3 Å². The maximum absolute atomic E-state index is 13.3. The van der Waals surface area contributed by atoms with Gasteiger partial charge in [-0.25, -0.2) is 9.97 Å². The van der Waals surface area contributed by atoms with Crippen molar-refractivity contribution in [1.29, 1.82) is 0 Å². The van der Waals surface area contributed by atoms with Crippen molar-refractivity contribution in [2.45, 2.75) is 87.5 Å². The van der Waals surface area contributed by atoms with E-state index in [0.717, 1.165) is 12.2 Å². The number of nitrogens with two attached hydrogens (primary N) is 2. The maximum atomic E-state index is 13.3. The number of aryl methyl sites for hydroxylation is 5. The van der Waals surface area contributed by atoms with E-state index in [-0.39, 0.29) is 61.3 Å². The van der Waals surface area contributed by atoms with Crippen LogP contribution in [0.5, 0.6) is 5.75 Å². The number of hydrogen-bond donors (Lipinski definition) is 5. The first-order valence-corrected chi connectivity index (χ1v) is 19.4. The highest BCUT2D eigenvalue weighted by Crippen LogP contribution is 2.31. The molecule has 4 heterocycles. The van der Waals surface area contributed by atoms with E-state index in [1.807, 2.05) is 32.4 Å². The van der Waals surface area contributed by atoms with Crippen LogP contribution in [-0.2, 0) is 35.8 Å². The Morgan fingerprint density at radius 1 is 0.800 bits per heavy atom. The van der Waals surface area contributed by atoms with E-state index >= 15 is 0 Å². The third-order valence-electron chi connectivity index (χ3n) is 8.91. The van der Waals surface area contributed by atoms with Gasteiger partial charge < -0.3 is 30.4 Å². The lowest BCUT2D eigenvalue weighted by Gasteiger charge is -2.12. The predicted octanol–water partition coefficient (Wildman–Crippen LogP) is 4.98. The average Bonchev–Trinajstić information content (AvgIpc) is 3.97. The monoisotopic (exact) mass is 824 g/mol. The molecule has 0 saturated heterocycles. The van der Waals surface area contributed by atoms with Gasteiger partial charge in [0.2, 0.25) is 30.1 Å². The minimum absolute atomic E-state index is 0.0410. The Morgan fingerprint density at radius 3 is 2.00 bits per heavy atom. The van der Waals surface area contributed by atoms with Crippen LogP contribution in [0.15, 0.2) is 54.6 Å². The van der Waals surface area contributed by atoms with E-state index in [2.05, 4.69) is 50.7 Å². The minimum atomic E-state index is -0.975. The molecule has 0 aliphatic rings. The molecule has 19 heteroatoms. The Morgan fingerprint density at radius 2 is 1.42 bits per heavy atom. The van der Waals surface area contributed by atoms with Gasteiger partial charge in [0.1, 0.15) is 17.0 Å². The summed E-state index contributed by atoms with van der Waals surface area (Å²) in [4.78, 5) is 68.6. The van der Waals surface area contributed by atoms with E-state index in [0.29, 0.717) is 46.4 Å². The van der Waals surface area contributed by atoms with Gasteiger partial charge in [-0.15, -0.1) is 0 Å². The molecule has 318 valence electrons. The fourth-order valence-corrected chi connectivity index (χ4v) is 6.28. The van der Waals surface area contributed by atoms with Crippen LogP contribution in [0.3, 0.4) is 0 Å². The number of amides is 4. The second kappa shape index (κ2) is 20.9. The molecule has 6 rings (SSSR count). The van der Waals surface area contributed by atoms with Gasteiger partial charge in [0.05, 0.1) is 34.5 Å². The highest BCUT2D eigenvalue weighted by atomic mass is 16.5. The van der Waals surface area contributed by atoms with Crippen molar-refractivity contribution in [1.82, 2.24) is 38.7 Å². The summed E-state index contributed by atoms with van der Waals surface area (Å²) in [5.74, 6) is -2.12. The molecule has 0 saturated carbocycles. The first-order valence-electron chi connectivity index (χ1n) is 19.4. The van der Waals surface area contributed by atoms with Gasteiger partial charge in [0, 0.05) is 49.4 Å². The number of carboxylic acid groups (broad SMARTS) is 1. The zero-order valence-electron chi connectivity index (χ0n) is 34.9. The number of imidazole rings is 2. The lowest BCUT2D eigenvalue weighted by molar-refractivity contribution is -0.137. The summed E-state index contributed by atoms with van der Waals surface area (Å²) in [6.07, 6.45) is 4.15. The first-order chi connectivity index (χ1) is 28.7. The first kappa shape index (κ1) is 45.4. The summed E-state index contributed by atoms with van der Waals surface area (Å²) in [6.45, 7) is 15.7. The number of fused-ring (bicyclic) bond motifs is 2. The minimum Gasteiger partial charge on any atom is -0.491 e. The zero-order valence-corrected chi connectivity index (χ0v) is 34.9. The number of nitrogens with one attached hydrogen (secondary N) is 2. The SMILES string of the molecule is CC.CCn1nc(C)cc1C.CCn1nc(C)cc1C(=O)Nc1nc2cc(C(N)=O)ccc2n1C/C=C/Cn1c(NC=O)nc2cc(C(N)=O)cc(OCCCC(=O)O)c21. The molecule has 0 atom stereocenters.